The predicted octanol–water partition coefficient (Wildman–Crippen LogP) is 2.04. The lowest BCUT2D eigenvalue weighted by Crippen LogP contribution is -2.21. The van der Waals surface area contributed by atoms with Gasteiger partial charge in [-0.05, 0) is 25.7 Å². The Labute approximate surface area is 99.1 Å². The monoisotopic (exact) mass is 236 g/mol. The van der Waals surface area contributed by atoms with Gasteiger partial charge in [-0.3, -0.25) is 0 Å². The highest BCUT2D eigenvalue weighted by Gasteiger charge is 2.23. The molecule has 1 aromatic rings. The average Bonchev–Trinajstić information content (AvgIpc) is 2.60. The minimum atomic E-state index is 0.0753. The van der Waals surface area contributed by atoms with Gasteiger partial charge in [-0.25, -0.2) is 4.98 Å². The number of nitrogens with zero attached hydrogens (tertiary/aromatic N) is 2. The summed E-state index contributed by atoms with van der Waals surface area (Å²) < 4.78 is 0. The molecule has 1 atom stereocenters. The van der Waals surface area contributed by atoms with E-state index in [9.17, 15) is 0 Å². The van der Waals surface area contributed by atoms with Gasteiger partial charge in [-0.15, -0.1) is 6.58 Å². The second-order valence-corrected chi connectivity index (χ2v) is 5.02. The summed E-state index contributed by atoms with van der Waals surface area (Å²) in [6.07, 6.45) is 6.44. The first-order chi connectivity index (χ1) is 7.70. The van der Waals surface area contributed by atoms with Gasteiger partial charge >= 0.3 is 0 Å². The number of aryl methyl sites for hydroxylation is 1. The molecule has 4 nitrogen and oxygen atoms in total. The number of guanidine groups is 1. The lowest BCUT2D eigenvalue weighted by molar-refractivity contribution is 0.552. The zero-order valence-corrected chi connectivity index (χ0v) is 9.96. The van der Waals surface area contributed by atoms with E-state index in [1.165, 1.54) is 23.4 Å². The van der Waals surface area contributed by atoms with Crippen molar-refractivity contribution < 1.29 is 0 Å². The predicted molar refractivity (Wildman–Crippen MR) is 68.1 cm³/mol. The number of aliphatic imine (C=N–C) groups is 1. The first-order valence-electron chi connectivity index (χ1n) is 5.41. The van der Waals surface area contributed by atoms with E-state index in [-0.39, 0.29) is 5.96 Å². The van der Waals surface area contributed by atoms with Gasteiger partial charge in [-0.2, -0.15) is 4.99 Å². The van der Waals surface area contributed by atoms with Crippen molar-refractivity contribution in [2.24, 2.45) is 16.5 Å². The third kappa shape index (κ3) is 2.24. The van der Waals surface area contributed by atoms with Crippen LogP contribution in [-0.2, 0) is 6.42 Å². The highest BCUT2D eigenvalue weighted by Crippen LogP contribution is 2.39. The third-order valence-corrected chi connectivity index (χ3v) is 3.76. The summed E-state index contributed by atoms with van der Waals surface area (Å²) in [5.74, 6) is 0.576. The Kier molecular flexibility index (Phi) is 3.24. The molecule has 1 aliphatic rings. The minimum Gasteiger partial charge on any atom is -0.370 e. The maximum Gasteiger partial charge on any atom is 0.212 e. The minimum absolute atomic E-state index is 0.0753. The molecule has 0 fully saturated rings. The van der Waals surface area contributed by atoms with E-state index < -0.39 is 0 Å². The van der Waals surface area contributed by atoms with Crippen LogP contribution in [-0.4, -0.2) is 10.9 Å². The molecule has 1 unspecified atom stereocenters. The Bertz CT molecular complexity index is 418. The van der Waals surface area contributed by atoms with Crippen molar-refractivity contribution in [1.29, 1.82) is 0 Å². The van der Waals surface area contributed by atoms with E-state index in [2.05, 4.69) is 16.6 Å². The SMILES string of the molecule is C=CCC1CCCc2sc(N=C(N)N)nc21. The smallest absolute Gasteiger partial charge is 0.212 e. The highest BCUT2D eigenvalue weighted by atomic mass is 32.1. The fourth-order valence-corrected chi connectivity index (χ4v) is 3.16. The van der Waals surface area contributed by atoms with Crippen LogP contribution in [0.15, 0.2) is 17.6 Å². The van der Waals surface area contributed by atoms with Gasteiger partial charge in [0.05, 0.1) is 5.69 Å². The number of hydrogen-bond acceptors (Lipinski definition) is 3. The largest absolute Gasteiger partial charge is 0.370 e. The first kappa shape index (κ1) is 11.1. The van der Waals surface area contributed by atoms with E-state index >= 15 is 0 Å². The van der Waals surface area contributed by atoms with Crippen LogP contribution in [0.1, 0.15) is 35.8 Å². The molecule has 1 heterocycles. The summed E-state index contributed by atoms with van der Waals surface area (Å²) in [5.41, 5.74) is 11.9. The van der Waals surface area contributed by atoms with Crippen molar-refractivity contribution in [2.45, 2.75) is 31.6 Å². The summed E-state index contributed by atoms with van der Waals surface area (Å²) >= 11 is 1.60. The molecule has 16 heavy (non-hydrogen) atoms. The van der Waals surface area contributed by atoms with Crippen molar-refractivity contribution >= 4 is 22.4 Å². The van der Waals surface area contributed by atoms with Crippen molar-refractivity contribution in [3.05, 3.63) is 23.2 Å². The number of aromatic nitrogens is 1. The molecule has 0 saturated heterocycles. The van der Waals surface area contributed by atoms with Gasteiger partial charge in [0.2, 0.25) is 5.13 Å². The molecular weight excluding hydrogens is 220 g/mol. The van der Waals surface area contributed by atoms with E-state index in [1.807, 2.05) is 6.08 Å². The quantitative estimate of drug-likeness (QED) is 0.479. The van der Waals surface area contributed by atoms with Crippen molar-refractivity contribution in [3.8, 4) is 0 Å². The van der Waals surface area contributed by atoms with Crippen molar-refractivity contribution in [1.82, 2.24) is 4.98 Å². The maximum absolute atomic E-state index is 5.35. The van der Waals surface area contributed by atoms with Crippen LogP contribution in [0.5, 0.6) is 0 Å². The summed E-state index contributed by atoms with van der Waals surface area (Å²) in [7, 11) is 0. The Morgan fingerprint density at radius 1 is 1.62 bits per heavy atom. The van der Waals surface area contributed by atoms with Crippen LogP contribution in [0.25, 0.3) is 0 Å². The standard InChI is InChI=1S/C11H16N4S/c1-2-4-7-5-3-6-8-9(7)14-11(16-8)15-10(12)13/h2,7H,1,3-6H2,(H4,12,13,14,15). The molecule has 0 aliphatic heterocycles. The Hall–Kier alpha value is -1.36. The van der Waals surface area contributed by atoms with Gasteiger partial charge in [0.25, 0.3) is 0 Å². The molecule has 4 N–H and O–H groups in total. The van der Waals surface area contributed by atoms with Crippen molar-refractivity contribution in [2.75, 3.05) is 0 Å². The van der Waals surface area contributed by atoms with Crippen LogP contribution in [0.4, 0.5) is 5.13 Å². The molecule has 1 aliphatic carbocycles. The van der Waals surface area contributed by atoms with Gasteiger partial charge in [0, 0.05) is 10.8 Å². The van der Waals surface area contributed by atoms with E-state index in [0.29, 0.717) is 11.0 Å². The highest BCUT2D eigenvalue weighted by molar-refractivity contribution is 7.15. The summed E-state index contributed by atoms with van der Waals surface area (Å²) in [5, 5.41) is 0.681. The second-order valence-electron chi connectivity index (χ2n) is 3.96. The Morgan fingerprint density at radius 3 is 3.12 bits per heavy atom. The lowest BCUT2D eigenvalue weighted by Gasteiger charge is -2.19. The van der Waals surface area contributed by atoms with Crippen LogP contribution >= 0.6 is 11.3 Å². The number of thiazole rings is 1. The van der Waals surface area contributed by atoms with E-state index in [4.69, 9.17) is 11.5 Å². The molecule has 86 valence electrons. The summed E-state index contributed by atoms with van der Waals surface area (Å²) in [4.78, 5) is 9.86. The molecule has 1 aromatic heterocycles. The topological polar surface area (TPSA) is 77.3 Å². The number of nitrogens with two attached hydrogens (primary N) is 2. The number of allylic oxidation sites excluding steroid dienone is 1. The molecular formula is C11H16N4S. The number of fused-ring (bicyclic) bond motifs is 1. The van der Waals surface area contributed by atoms with Gasteiger partial charge < -0.3 is 11.5 Å². The second kappa shape index (κ2) is 4.65. The van der Waals surface area contributed by atoms with Crippen LogP contribution in [0.2, 0.25) is 0 Å². The fraction of sp³-hybridized carbons (Fsp3) is 0.455. The van der Waals surface area contributed by atoms with Crippen LogP contribution in [0, 0.1) is 0 Å². The Balaban J connectivity index is 2.30. The lowest BCUT2D eigenvalue weighted by atomic mass is 9.89. The molecule has 0 bridgehead atoms. The normalized spacial score (nSPS) is 18.9. The molecule has 0 saturated carbocycles. The van der Waals surface area contributed by atoms with Crippen LogP contribution in [0.3, 0.4) is 0 Å². The molecule has 0 amide bonds. The molecule has 2 rings (SSSR count). The molecule has 0 radical (unpaired) electrons. The van der Waals surface area contributed by atoms with E-state index in [1.54, 1.807) is 11.3 Å². The van der Waals surface area contributed by atoms with Crippen LogP contribution < -0.4 is 11.5 Å². The maximum atomic E-state index is 5.35. The van der Waals surface area contributed by atoms with Crippen molar-refractivity contribution in [3.63, 3.8) is 0 Å². The number of rotatable bonds is 3. The Morgan fingerprint density at radius 2 is 2.44 bits per heavy atom. The fourth-order valence-electron chi connectivity index (χ4n) is 2.08. The molecule has 5 heteroatoms. The first-order valence-corrected chi connectivity index (χ1v) is 6.22. The zero-order chi connectivity index (χ0) is 11.5. The average molecular weight is 236 g/mol. The van der Waals surface area contributed by atoms with Gasteiger partial charge in [0.15, 0.2) is 5.96 Å². The summed E-state index contributed by atoms with van der Waals surface area (Å²) in [6, 6.07) is 0. The summed E-state index contributed by atoms with van der Waals surface area (Å²) in [6.45, 7) is 3.79. The zero-order valence-electron chi connectivity index (χ0n) is 9.15. The third-order valence-electron chi connectivity index (χ3n) is 2.74. The van der Waals surface area contributed by atoms with E-state index in [0.717, 1.165) is 12.8 Å². The number of hydrogen-bond donors (Lipinski definition) is 2. The van der Waals surface area contributed by atoms with Gasteiger partial charge in [-0.1, -0.05) is 17.4 Å². The molecule has 0 spiro atoms. The molecule has 0 aromatic carbocycles. The van der Waals surface area contributed by atoms with Gasteiger partial charge in [0.1, 0.15) is 0 Å².